The van der Waals surface area contributed by atoms with Crippen LogP contribution in [0.25, 0.3) is 0 Å². The number of anilines is 1. The van der Waals surface area contributed by atoms with E-state index in [-0.39, 0.29) is 5.91 Å². The largest absolute Gasteiger partial charge is 0.414 e. The smallest absolute Gasteiger partial charge is 0.410 e. The average Bonchev–Trinajstić information content (AvgIpc) is 2.27. The molecule has 0 bridgehead atoms. The molecular weight excluding hydrogens is 246 g/mol. The van der Waals surface area contributed by atoms with Crippen LogP contribution in [0.15, 0.2) is 24.3 Å². The Hall–Kier alpha value is -2.08. The molecule has 0 atom stereocenters. The van der Waals surface area contributed by atoms with Crippen molar-refractivity contribution in [3.63, 3.8) is 0 Å². The summed E-state index contributed by atoms with van der Waals surface area (Å²) in [7, 11) is 6.83. The number of ether oxygens (including phenoxy) is 1. The highest BCUT2D eigenvalue weighted by Gasteiger charge is 2.08. The van der Waals surface area contributed by atoms with Crippen LogP contribution in [0.2, 0.25) is 0 Å². The summed E-state index contributed by atoms with van der Waals surface area (Å²) in [4.78, 5) is 26.1. The molecule has 0 unspecified atom stereocenters. The summed E-state index contributed by atoms with van der Waals surface area (Å²) < 4.78 is 5.10. The van der Waals surface area contributed by atoms with Crippen LogP contribution in [0.3, 0.4) is 0 Å². The summed E-state index contributed by atoms with van der Waals surface area (Å²) in [6.07, 6.45) is -0.461. The van der Waals surface area contributed by atoms with Gasteiger partial charge in [0.15, 0.2) is 0 Å². The van der Waals surface area contributed by atoms with Crippen molar-refractivity contribution in [3.8, 4) is 5.75 Å². The topological polar surface area (TPSA) is 61.9 Å². The van der Waals surface area contributed by atoms with Crippen molar-refractivity contribution in [2.75, 3.05) is 40.1 Å². The number of carbonyl (C=O) groups is 2. The molecule has 1 aromatic carbocycles. The second-order valence-corrected chi connectivity index (χ2v) is 4.58. The maximum Gasteiger partial charge on any atom is 0.414 e. The lowest BCUT2D eigenvalue weighted by Crippen LogP contribution is -2.27. The van der Waals surface area contributed by atoms with E-state index >= 15 is 0 Å². The fourth-order valence-electron chi connectivity index (χ4n) is 1.32. The summed E-state index contributed by atoms with van der Waals surface area (Å²) >= 11 is 0. The molecule has 1 rings (SSSR count). The lowest BCUT2D eigenvalue weighted by atomic mass is 10.3. The number of amides is 2. The van der Waals surface area contributed by atoms with Crippen molar-refractivity contribution in [1.29, 1.82) is 0 Å². The summed E-state index contributed by atoms with van der Waals surface area (Å²) in [5.74, 6) is 0.266. The molecule has 0 aliphatic rings. The zero-order valence-corrected chi connectivity index (χ0v) is 11.6. The summed E-state index contributed by atoms with van der Waals surface area (Å²) in [5, 5.41) is 2.73. The van der Waals surface area contributed by atoms with Gasteiger partial charge in [-0.3, -0.25) is 4.79 Å². The molecule has 6 nitrogen and oxygen atoms in total. The van der Waals surface area contributed by atoms with Gasteiger partial charge in [-0.25, -0.2) is 4.79 Å². The van der Waals surface area contributed by atoms with E-state index in [9.17, 15) is 9.59 Å². The highest BCUT2D eigenvalue weighted by molar-refractivity contribution is 5.92. The van der Waals surface area contributed by atoms with Crippen LogP contribution < -0.4 is 10.1 Å². The Kier molecular flexibility index (Phi) is 5.32. The fourth-order valence-corrected chi connectivity index (χ4v) is 1.32. The molecular formula is C13H19N3O3. The van der Waals surface area contributed by atoms with Gasteiger partial charge in [-0.2, -0.15) is 0 Å². The van der Waals surface area contributed by atoms with E-state index in [1.165, 1.54) is 4.90 Å². The van der Waals surface area contributed by atoms with Crippen LogP contribution in [0.4, 0.5) is 10.5 Å². The number of hydrogen-bond donors (Lipinski definition) is 1. The minimum atomic E-state index is -0.461. The predicted octanol–water partition coefficient (Wildman–Crippen LogP) is 1.25. The third kappa shape index (κ3) is 5.39. The van der Waals surface area contributed by atoms with Crippen molar-refractivity contribution in [3.05, 3.63) is 24.3 Å². The standard InChI is InChI=1S/C13H19N3O3/c1-15(2)9-12(17)14-10-6-5-7-11(8-10)19-13(18)16(3)4/h5-8H,9H2,1-4H3,(H,14,17). The van der Waals surface area contributed by atoms with E-state index in [1.807, 2.05) is 14.1 Å². The lowest BCUT2D eigenvalue weighted by Gasteiger charge is -2.12. The van der Waals surface area contributed by atoms with E-state index in [4.69, 9.17) is 4.74 Å². The van der Waals surface area contributed by atoms with E-state index in [0.717, 1.165) is 0 Å². The SMILES string of the molecule is CN(C)CC(=O)Nc1cccc(OC(=O)N(C)C)c1. The van der Waals surface area contributed by atoms with Crippen LogP contribution >= 0.6 is 0 Å². The molecule has 2 amide bonds. The number of hydrogen-bond acceptors (Lipinski definition) is 4. The molecule has 104 valence electrons. The van der Waals surface area contributed by atoms with Crippen LogP contribution in [-0.2, 0) is 4.79 Å². The van der Waals surface area contributed by atoms with E-state index in [1.54, 1.807) is 43.3 Å². The number of rotatable bonds is 4. The van der Waals surface area contributed by atoms with Crippen LogP contribution in [0.1, 0.15) is 0 Å². The van der Waals surface area contributed by atoms with Gasteiger partial charge in [0.25, 0.3) is 0 Å². The monoisotopic (exact) mass is 265 g/mol. The normalized spacial score (nSPS) is 10.2. The molecule has 0 aliphatic heterocycles. The first-order valence-corrected chi connectivity index (χ1v) is 5.82. The van der Waals surface area contributed by atoms with E-state index < -0.39 is 6.09 Å². The highest BCUT2D eigenvalue weighted by Crippen LogP contribution is 2.17. The van der Waals surface area contributed by atoms with Crippen LogP contribution in [0.5, 0.6) is 5.75 Å². The summed E-state index contributed by atoms with van der Waals surface area (Å²) in [6.45, 7) is 0.293. The fraction of sp³-hybridized carbons (Fsp3) is 0.385. The quantitative estimate of drug-likeness (QED) is 0.890. The van der Waals surface area contributed by atoms with Crippen molar-refractivity contribution < 1.29 is 14.3 Å². The number of nitrogens with zero attached hydrogens (tertiary/aromatic N) is 2. The van der Waals surface area contributed by atoms with Crippen molar-refractivity contribution >= 4 is 17.7 Å². The minimum Gasteiger partial charge on any atom is -0.410 e. The molecule has 0 saturated carbocycles. The molecule has 0 saturated heterocycles. The summed E-state index contributed by atoms with van der Waals surface area (Å²) in [6, 6.07) is 6.71. The number of likely N-dealkylation sites (N-methyl/N-ethyl adjacent to an activating group) is 1. The first kappa shape index (κ1) is 15.0. The minimum absolute atomic E-state index is 0.124. The predicted molar refractivity (Wildman–Crippen MR) is 73.3 cm³/mol. The number of carbonyl (C=O) groups excluding carboxylic acids is 2. The third-order valence-electron chi connectivity index (χ3n) is 2.15. The zero-order chi connectivity index (χ0) is 14.4. The molecule has 19 heavy (non-hydrogen) atoms. The van der Waals surface area contributed by atoms with Crippen LogP contribution in [-0.4, -0.2) is 56.5 Å². The second-order valence-electron chi connectivity index (χ2n) is 4.58. The molecule has 0 heterocycles. The Bertz CT molecular complexity index is 458. The van der Waals surface area contributed by atoms with Gasteiger partial charge in [-0.15, -0.1) is 0 Å². The van der Waals surface area contributed by atoms with Gasteiger partial charge in [-0.05, 0) is 26.2 Å². The maximum absolute atomic E-state index is 11.6. The molecule has 6 heteroatoms. The van der Waals surface area contributed by atoms with E-state index in [2.05, 4.69) is 5.32 Å². The first-order chi connectivity index (χ1) is 8.88. The molecule has 0 aliphatic carbocycles. The number of benzene rings is 1. The van der Waals surface area contributed by atoms with Gasteiger partial charge in [-0.1, -0.05) is 6.07 Å². The molecule has 0 spiro atoms. The van der Waals surface area contributed by atoms with Gasteiger partial charge in [0.05, 0.1) is 6.54 Å². The van der Waals surface area contributed by atoms with E-state index in [0.29, 0.717) is 18.0 Å². The Morgan fingerprint density at radius 2 is 1.89 bits per heavy atom. The highest BCUT2D eigenvalue weighted by atomic mass is 16.6. The summed E-state index contributed by atoms with van der Waals surface area (Å²) in [5.41, 5.74) is 0.593. The molecule has 0 aromatic heterocycles. The number of nitrogens with one attached hydrogen (secondary N) is 1. The second kappa shape index (κ2) is 6.75. The van der Waals surface area contributed by atoms with Crippen molar-refractivity contribution in [1.82, 2.24) is 9.80 Å². The van der Waals surface area contributed by atoms with Crippen molar-refractivity contribution in [2.45, 2.75) is 0 Å². The third-order valence-corrected chi connectivity index (χ3v) is 2.15. The Labute approximate surface area is 112 Å². The molecule has 1 N–H and O–H groups in total. The van der Waals surface area contributed by atoms with Gasteiger partial charge in [0.1, 0.15) is 5.75 Å². The molecule has 0 fully saturated rings. The van der Waals surface area contributed by atoms with Crippen LogP contribution in [0, 0.1) is 0 Å². The Morgan fingerprint density at radius 3 is 2.47 bits per heavy atom. The van der Waals surface area contributed by atoms with Gasteiger partial charge >= 0.3 is 6.09 Å². The van der Waals surface area contributed by atoms with Gasteiger partial charge in [0.2, 0.25) is 5.91 Å². The average molecular weight is 265 g/mol. The van der Waals surface area contributed by atoms with Crippen molar-refractivity contribution in [2.24, 2.45) is 0 Å². The first-order valence-electron chi connectivity index (χ1n) is 5.82. The Balaban J connectivity index is 2.67. The lowest BCUT2D eigenvalue weighted by molar-refractivity contribution is -0.116. The zero-order valence-electron chi connectivity index (χ0n) is 11.6. The molecule has 0 radical (unpaired) electrons. The van der Waals surface area contributed by atoms with Gasteiger partial charge < -0.3 is 19.9 Å². The molecule has 1 aromatic rings. The Morgan fingerprint density at radius 1 is 1.21 bits per heavy atom. The maximum atomic E-state index is 11.6. The van der Waals surface area contributed by atoms with Gasteiger partial charge in [0, 0.05) is 25.8 Å².